The van der Waals surface area contributed by atoms with Crippen molar-refractivity contribution in [2.24, 2.45) is 0 Å². The minimum atomic E-state index is -0.485. The molecular formula is C26H22N2O4. The maximum absolute atomic E-state index is 12.7. The molecule has 0 N–H and O–H groups in total. The van der Waals surface area contributed by atoms with Crippen LogP contribution >= 0.6 is 0 Å². The van der Waals surface area contributed by atoms with E-state index in [0.717, 1.165) is 21.9 Å². The van der Waals surface area contributed by atoms with E-state index in [2.05, 4.69) is 0 Å². The molecule has 1 amide bonds. The standard InChI is InChI=1S/C26H22N2O4/c1-19(29)27(17-21-14-15-22-10-5-6-11-23(22)16-21)26-24(28(30)31)12-7-13-25(26)32-18-20-8-3-2-4-9-20/h2-16H,17-18H2,1H3. The van der Waals surface area contributed by atoms with E-state index in [4.69, 9.17) is 4.74 Å². The summed E-state index contributed by atoms with van der Waals surface area (Å²) >= 11 is 0. The van der Waals surface area contributed by atoms with E-state index >= 15 is 0 Å². The van der Waals surface area contributed by atoms with Crippen LogP contribution in [0.15, 0.2) is 91.0 Å². The van der Waals surface area contributed by atoms with Crippen LogP contribution in [0.4, 0.5) is 11.4 Å². The summed E-state index contributed by atoms with van der Waals surface area (Å²) in [6, 6.07) is 28.0. The van der Waals surface area contributed by atoms with E-state index in [0.29, 0.717) is 5.75 Å². The summed E-state index contributed by atoms with van der Waals surface area (Å²) in [6.45, 7) is 1.82. The Morgan fingerprint density at radius 1 is 0.875 bits per heavy atom. The first-order valence-corrected chi connectivity index (χ1v) is 10.2. The Bertz CT molecular complexity index is 1270. The summed E-state index contributed by atoms with van der Waals surface area (Å²) in [5.74, 6) is -0.0175. The number of amides is 1. The molecule has 0 fully saturated rings. The van der Waals surface area contributed by atoms with Crippen LogP contribution in [-0.4, -0.2) is 10.8 Å². The van der Waals surface area contributed by atoms with Crippen LogP contribution < -0.4 is 9.64 Å². The summed E-state index contributed by atoms with van der Waals surface area (Å²) in [6.07, 6.45) is 0. The average molecular weight is 426 g/mol. The number of nitro benzene ring substituents is 1. The second-order valence-corrected chi connectivity index (χ2v) is 7.44. The van der Waals surface area contributed by atoms with Gasteiger partial charge in [0.2, 0.25) is 5.91 Å². The van der Waals surface area contributed by atoms with Crippen LogP contribution in [0.1, 0.15) is 18.1 Å². The van der Waals surface area contributed by atoms with Gasteiger partial charge in [0, 0.05) is 13.0 Å². The number of anilines is 1. The first-order chi connectivity index (χ1) is 15.5. The van der Waals surface area contributed by atoms with Gasteiger partial charge in [-0.15, -0.1) is 0 Å². The number of hydrogen-bond donors (Lipinski definition) is 0. The highest BCUT2D eigenvalue weighted by atomic mass is 16.6. The van der Waals surface area contributed by atoms with Crippen LogP contribution in [0, 0.1) is 10.1 Å². The van der Waals surface area contributed by atoms with Crippen molar-refractivity contribution in [2.75, 3.05) is 4.90 Å². The molecule has 4 rings (SSSR count). The predicted octanol–water partition coefficient (Wildman–Crippen LogP) is 5.88. The van der Waals surface area contributed by atoms with Crippen molar-refractivity contribution in [3.8, 4) is 5.75 Å². The summed E-state index contributed by atoms with van der Waals surface area (Å²) in [5.41, 5.74) is 1.78. The van der Waals surface area contributed by atoms with Gasteiger partial charge in [0.15, 0.2) is 11.4 Å². The number of ether oxygens (including phenoxy) is 1. The van der Waals surface area contributed by atoms with Crippen molar-refractivity contribution in [1.29, 1.82) is 0 Å². The fourth-order valence-corrected chi connectivity index (χ4v) is 3.65. The zero-order chi connectivity index (χ0) is 22.5. The number of para-hydroxylation sites is 1. The Balaban J connectivity index is 1.72. The number of fused-ring (bicyclic) bond motifs is 1. The molecule has 0 heterocycles. The monoisotopic (exact) mass is 426 g/mol. The molecule has 0 atom stereocenters. The van der Waals surface area contributed by atoms with Crippen molar-refractivity contribution < 1.29 is 14.5 Å². The molecule has 6 nitrogen and oxygen atoms in total. The van der Waals surface area contributed by atoms with Gasteiger partial charge in [-0.1, -0.05) is 72.8 Å². The van der Waals surface area contributed by atoms with Crippen LogP contribution in [0.3, 0.4) is 0 Å². The minimum Gasteiger partial charge on any atom is -0.486 e. The van der Waals surface area contributed by atoms with Gasteiger partial charge in [0.25, 0.3) is 5.69 Å². The molecule has 4 aromatic carbocycles. The number of carbonyl (C=O) groups excluding carboxylic acids is 1. The van der Waals surface area contributed by atoms with E-state index < -0.39 is 4.92 Å². The molecule has 0 aliphatic heterocycles. The van der Waals surface area contributed by atoms with E-state index in [-0.39, 0.29) is 30.4 Å². The Kier molecular flexibility index (Phi) is 6.12. The summed E-state index contributed by atoms with van der Waals surface area (Å²) in [4.78, 5) is 25.4. The summed E-state index contributed by atoms with van der Waals surface area (Å²) in [7, 11) is 0. The Hall–Kier alpha value is -4.19. The molecule has 0 aliphatic carbocycles. The third kappa shape index (κ3) is 4.59. The number of hydrogen-bond acceptors (Lipinski definition) is 4. The molecule has 0 spiro atoms. The average Bonchev–Trinajstić information content (AvgIpc) is 2.81. The van der Waals surface area contributed by atoms with Gasteiger partial charge in [-0.25, -0.2) is 0 Å². The molecule has 0 unspecified atom stereocenters. The molecule has 0 bridgehead atoms. The highest BCUT2D eigenvalue weighted by molar-refractivity contribution is 5.96. The third-order valence-corrected chi connectivity index (χ3v) is 5.22. The minimum absolute atomic E-state index is 0.161. The second-order valence-electron chi connectivity index (χ2n) is 7.44. The fraction of sp³-hybridized carbons (Fsp3) is 0.115. The van der Waals surface area contributed by atoms with Crippen LogP contribution in [0.2, 0.25) is 0 Å². The predicted molar refractivity (Wildman–Crippen MR) is 125 cm³/mol. The molecular weight excluding hydrogens is 404 g/mol. The molecule has 0 saturated carbocycles. The van der Waals surface area contributed by atoms with E-state index in [1.807, 2.05) is 72.8 Å². The Labute approximate surface area is 185 Å². The van der Waals surface area contributed by atoms with E-state index in [9.17, 15) is 14.9 Å². The molecule has 160 valence electrons. The zero-order valence-electron chi connectivity index (χ0n) is 17.6. The molecule has 4 aromatic rings. The maximum atomic E-state index is 12.7. The lowest BCUT2D eigenvalue weighted by atomic mass is 10.1. The summed E-state index contributed by atoms with van der Waals surface area (Å²) in [5, 5.41) is 13.9. The van der Waals surface area contributed by atoms with Gasteiger partial charge < -0.3 is 4.74 Å². The zero-order valence-corrected chi connectivity index (χ0v) is 17.6. The summed E-state index contributed by atoms with van der Waals surface area (Å²) < 4.78 is 5.95. The van der Waals surface area contributed by atoms with Crippen molar-refractivity contribution in [1.82, 2.24) is 0 Å². The maximum Gasteiger partial charge on any atom is 0.296 e. The highest BCUT2D eigenvalue weighted by Crippen LogP contribution is 2.39. The fourth-order valence-electron chi connectivity index (χ4n) is 3.65. The SMILES string of the molecule is CC(=O)N(Cc1ccc2ccccc2c1)c1c(OCc2ccccc2)cccc1[N+](=O)[O-]. The molecule has 0 aromatic heterocycles. The molecule has 0 radical (unpaired) electrons. The van der Waals surface area contributed by atoms with Gasteiger partial charge in [-0.05, 0) is 34.0 Å². The van der Waals surface area contributed by atoms with Gasteiger partial charge in [-0.2, -0.15) is 0 Å². The number of nitrogens with zero attached hydrogens (tertiary/aromatic N) is 2. The van der Waals surface area contributed by atoms with Gasteiger partial charge in [0.05, 0.1) is 11.5 Å². The van der Waals surface area contributed by atoms with E-state index in [1.165, 1.54) is 17.9 Å². The lowest BCUT2D eigenvalue weighted by molar-refractivity contribution is -0.384. The van der Waals surface area contributed by atoms with Crippen molar-refractivity contribution in [3.05, 3.63) is 112 Å². The van der Waals surface area contributed by atoms with Crippen molar-refractivity contribution >= 4 is 28.1 Å². The Morgan fingerprint density at radius 2 is 1.59 bits per heavy atom. The molecule has 6 heteroatoms. The van der Waals surface area contributed by atoms with Gasteiger partial charge in [0.1, 0.15) is 6.61 Å². The normalized spacial score (nSPS) is 10.7. The van der Waals surface area contributed by atoms with E-state index in [1.54, 1.807) is 12.1 Å². The topological polar surface area (TPSA) is 72.7 Å². The van der Waals surface area contributed by atoms with Gasteiger partial charge >= 0.3 is 0 Å². The lowest BCUT2D eigenvalue weighted by Gasteiger charge is -2.24. The van der Waals surface area contributed by atoms with Crippen molar-refractivity contribution in [2.45, 2.75) is 20.1 Å². The number of benzene rings is 4. The lowest BCUT2D eigenvalue weighted by Crippen LogP contribution is -2.29. The Morgan fingerprint density at radius 3 is 2.31 bits per heavy atom. The molecule has 32 heavy (non-hydrogen) atoms. The number of carbonyl (C=O) groups is 1. The smallest absolute Gasteiger partial charge is 0.296 e. The second kappa shape index (κ2) is 9.31. The number of rotatable bonds is 7. The number of nitro groups is 1. The molecule has 0 aliphatic rings. The van der Waals surface area contributed by atoms with Crippen LogP contribution in [0.25, 0.3) is 10.8 Å². The quantitative estimate of drug-likeness (QED) is 0.273. The molecule has 0 saturated heterocycles. The largest absolute Gasteiger partial charge is 0.486 e. The third-order valence-electron chi connectivity index (χ3n) is 5.22. The van der Waals surface area contributed by atoms with Crippen molar-refractivity contribution in [3.63, 3.8) is 0 Å². The van der Waals surface area contributed by atoms with Gasteiger partial charge in [-0.3, -0.25) is 19.8 Å². The van der Waals surface area contributed by atoms with Crippen LogP contribution in [0.5, 0.6) is 5.75 Å². The first kappa shape index (κ1) is 21.1. The highest BCUT2D eigenvalue weighted by Gasteiger charge is 2.27. The van der Waals surface area contributed by atoms with Crippen LogP contribution in [-0.2, 0) is 17.9 Å². The first-order valence-electron chi connectivity index (χ1n) is 10.2.